The maximum atomic E-state index is 12.7. The third kappa shape index (κ3) is 5.89. The van der Waals surface area contributed by atoms with Crippen LogP contribution < -0.4 is 10.6 Å². The molecule has 2 amide bonds. The van der Waals surface area contributed by atoms with Gasteiger partial charge in [0.15, 0.2) is 5.65 Å². The number of nitrogens with zero attached hydrogens (tertiary/aromatic N) is 5. The number of likely N-dealkylation sites (tertiary alicyclic amines) is 2. The first-order valence-electron chi connectivity index (χ1n) is 14.9. The Morgan fingerprint density at radius 2 is 1.76 bits per heavy atom. The van der Waals surface area contributed by atoms with Crippen molar-refractivity contribution in [2.24, 2.45) is 5.41 Å². The van der Waals surface area contributed by atoms with Crippen molar-refractivity contribution in [3.63, 3.8) is 0 Å². The number of carbonyl (C=O) groups excluding carboxylic acids is 2. The number of hydrogen-bond donors (Lipinski definition) is 2. The zero-order chi connectivity index (χ0) is 28.9. The van der Waals surface area contributed by atoms with E-state index in [1.807, 2.05) is 31.5 Å². The Hall–Kier alpha value is -3.28. The number of ether oxygens (including phenoxy) is 3. The molecule has 0 aromatic carbocycles. The summed E-state index contributed by atoms with van der Waals surface area (Å²) in [7, 11) is 0. The number of amides is 2. The third-order valence-electron chi connectivity index (χ3n) is 8.48. The zero-order valence-electron chi connectivity index (χ0n) is 24.8. The lowest BCUT2D eigenvalue weighted by molar-refractivity contribution is -0.0842. The van der Waals surface area contributed by atoms with Crippen LogP contribution in [0.25, 0.3) is 5.65 Å². The highest BCUT2D eigenvalue weighted by Crippen LogP contribution is 2.49. The second-order valence-electron chi connectivity index (χ2n) is 13.5. The summed E-state index contributed by atoms with van der Waals surface area (Å²) >= 11 is 0. The molecule has 3 saturated heterocycles. The molecule has 224 valence electrons. The number of fused-ring (bicyclic) bond motifs is 1. The lowest BCUT2D eigenvalue weighted by Gasteiger charge is -2.58. The molecule has 1 spiro atoms. The van der Waals surface area contributed by atoms with Crippen LogP contribution in [0, 0.1) is 5.41 Å². The monoisotopic (exact) mass is 569 g/mol. The Bertz CT molecular complexity index is 1280. The van der Waals surface area contributed by atoms with Gasteiger partial charge in [-0.05, 0) is 52.4 Å². The van der Waals surface area contributed by atoms with Gasteiger partial charge in [0.05, 0.1) is 19.3 Å². The maximum absolute atomic E-state index is 12.7. The molecule has 2 N–H and O–H groups in total. The van der Waals surface area contributed by atoms with Crippen molar-refractivity contribution in [3.8, 4) is 0 Å². The van der Waals surface area contributed by atoms with Gasteiger partial charge in [-0.1, -0.05) is 13.8 Å². The molecule has 1 saturated carbocycles. The van der Waals surface area contributed by atoms with E-state index in [0.717, 1.165) is 61.7 Å². The van der Waals surface area contributed by atoms with Crippen molar-refractivity contribution in [1.82, 2.24) is 24.4 Å². The predicted molar refractivity (Wildman–Crippen MR) is 153 cm³/mol. The molecule has 6 rings (SSSR count). The van der Waals surface area contributed by atoms with Crippen molar-refractivity contribution in [2.75, 3.05) is 50.0 Å². The van der Waals surface area contributed by atoms with E-state index >= 15 is 0 Å². The summed E-state index contributed by atoms with van der Waals surface area (Å²) in [5.74, 6) is 2.12. The molecule has 12 heteroatoms. The van der Waals surface area contributed by atoms with E-state index in [-0.39, 0.29) is 23.7 Å². The normalized spacial score (nSPS) is 21.4. The van der Waals surface area contributed by atoms with E-state index in [4.69, 9.17) is 19.2 Å². The first kappa shape index (κ1) is 27.9. The van der Waals surface area contributed by atoms with Gasteiger partial charge in [0.25, 0.3) is 0 Å². The summed E-state index contributed by atoms with van der Waals surface area (Å²) < 4.78 is 18.4. The highest BCUT2D eigenvalue weighted by atomic mass is 16.6. The fraction of sp³-hybridized carbons (Fsp3) is 0.724. The van der Waals surface area contributed by atoms with Crippen molar-refractivity contribution in [1.29, 1.82) is 0 Å². The molecular weight excluding hydrogens is 526 g/mol. The minimum Gasteiger partial charge on any atom is -0.444 e. The van der Waals surface area contributed by atoms with Crippen molar-refractivity contribution >= 4 is 29.5 Å². The van der Waals surface area contributed by atoms with Crippen LogP contribution in [0.1, 0.15) is 71.8 Å². The topological polar surface area (TPSA) is 123 Å². The molecule has 0 radical (unpaired) electrons. The molecule has 12 nitrogen and oxygen atoms in total. The van der Waals surface area contributed by atoms with Crippen LogP contribution in [-0.2, 0) is 14.2 Å². The molecule has 41 heavy (non-hydrogen) atoms. The molecule has 3 aliphatic heterocycles. The van der Waals surface area contributed by atoms with Gasteiger partial charge in [-0.25, -0.2) is 14.6 Å². The SMILES string of the molecule is CC(C)c1cnn2c(NC3CC4(C3)CN(C(=O)OC3CN(C(=O)OC(C)(C)C)C3)C4)cc(NC3CCOCC3)nc12. The highest BCUT2D eigenvalue weighted by molar-refractivity contribution is 5.71. The van der Waals surface area contributed by atoms with Gasteiger partial charge in [-0.2, -0.15) is 9.61 Å². The molecule has 0 bridgehead atoms. The van der Waals surface area contributed by atoms with E-state index in [1.165, 1.54) is 0 Å². The molecular formula is C29H43N7O5. The number of carbonyl (C=O) groups is 2. The second-order valence-corrected chi connectivity index (χ2v) is 13.5. The third-order valence-corrected chi connectivity index (χ3v) is 8.48. The number of rotatable bonds is 6. The Morgan fingerprint density at radius 1 is 1.05 bits per heavy atom. The van der Waals surface area contributed by atoms with Crippen LogP contribution in [0.15, 0.2) is 12.3 Å². The maximum Gasteiger partial charge on any atom is 0.410 e. The first-order valence-corrected chi connectivity index (χ1v) is 14.9. The van der Waals surface area contributed by atoms with Crippen LogP contribution in [0.2, 0.25) is 0 Å². The summed E-state index contributed by atoms with van der Waals surface area (Å²) in [6.07, 6.45) is 4.90. The minimum absolute atomic E-state index is 0.140. The lowest BCUT2D eigenvalue weighted by atomic mass is 9.61. The van der Waals surface area contributed by atoms with Gasteiger partial charge in [0.1, 0.15) is 23.3 Å². The van der Waals surface area contributed by atoms with Crippen molar-refractivity contribution in [3.05, 3.63) is 17.8 Å². The number of anilines is 2. The average molecular weight is 570 g/mol. The fourth-order valence-corrected chi connectivity index (χ4v) is 6.27. The van der Waals surface area contributed by atoms with E-state index in [9.17, 15) is 9.59 Å². The van der Waals surface area contributed by atoms with Crippen LogP contribution in [-0.4, -0.2) is 99.8 Å². The van der Waals surface area contributed by atoms with Gasteiger partial charge >= 0.3 is 12.2 Å². The zero-order valence-corrected chi connectivity index (χ0v) is 24.8. The smallest absolute Gasteiger partial charge is 0.410 e. The minimum atomic E-state index is -0.539. The van der Waals surface area contributed by atoms with Gasteiger partial charge in [0, 0.05) is 55.4 Å². The Labute approximate surface area is 241 Å². The number of nitrogens with one attached hydrogen (secondary N) is 2. The molecule has 4 fully saturated rings. The average Bonchev–Trinajstić information content (AvgIpc) is 3.25. The quantitative estimate of drug-likeness (QED) is 0.530. The lowest BCUT2D eigenvalue weighted by Crippen LogP contribution is -2.67. The molecule has 2 aromatic rings. The van der Waals surface area contributed by atoms with Crippen LogP contribution in [0.5, 0.6) is 0 Å². The van der Waals surface area contributed by atoms with Crippen molar-refractivity contribution < 1.29 is 23.8 Å². The standard InChI is InChI=1S/C29H43N7O5/c1-18(2)22-13-30-36-24(10-23(33-25(22)36)31-19-6-8-39-9-7-19)32-20-11-29(12-20)16-35(17-29)26(37)40-21-14-34(15-21)27(38)41-28(3,4)5/h10,13,18-21,32H,6-9,11-12,14-17H2,1-5H3,(H,31,33). The highest BCUT2D eigenvalue weighted by Gasteiger charge is 2.54. The summed E-state index contributed by atoms with van der Waals surface area (Å²) in [5, 5.41) is 12.0. The molecule has 0 atom stereocenters. The van der Waals surface area contributed by atoms with Gasteiger partial charge in [-0.3, -0.25) is 0 Å². The van der Waals surface area contributed by atoms with Gasteiger partial charge in [0.2, 0.25) is 0 Å². The Balaban J connectivity index is 1.01. The van der Waals surface area contributed by atoms with E-state index in [2.05, 4.69) is 35.6 Å². The molecule has 5 heterocycles. The summed E-state index contributed by atoms with van der Waals surface area (Å²) in [5.41, 5.74) is 1.61. The van der Waals surface area contributed by atoms with Crippen molar-refractivity contribution in [2.45, 2.75) is 90.0 Å². The second kappa shape index (κ2) is 10.5. The van der Waals surface area contributed by atoms with E-state index in [0.29, 0.717) is 44.2 Å². The number of aromatic nitrogens is 3. The fourth-order valence-electron chi connectivity index (χ4n) is 6.27. The first-order chi connectivity index (χ1) is 19.5. The summed E-state index contributed by atoms with van der Waals surface area (Å²) in [6, 6.07) is 2.72. The molecule has 2 aromatic heterocycles. The summed E-state index contributed by atoms with van der Waals surface area (Å²) in [6.45, 7) is 13.5. The van der Waals surface area contributed by atoms with Crippen LogP contribution in [0.3, 0.4) is 0 Å². The largest absolute Gasteiger partial charge is 0.444 e. The Morgan fingerprint density at radius 3 is 2.41 bits per heavy atom. The van der Waals surface area contributed by atoms with E-state index < -0.39 is 5.60 Å². The molecule has 4 aliphatic rings. The predicted octanol–water partition coefficient (Wildman–Crippen LogP) is 4.08. The van der Waals surface area contributed by atoms with Crippen LogP contribution in [0.4, 0.5) is 21.2 Å². The molecule has 0 unspecified atom stereocenters. The summed E-state index contributed by atoms with van der Waals surface area (Å²) in [4.78, 5) is 33.0. The van der Waals surface area contributed by atoms with Gasteiger partial charge < -0.3 is 34.6 Å². The Kier molecular flexibility index (Phi) is 7.15. The van der Waals surface area contributed by atoms with Gasteiger partial charge in [-0.15, -0.1) is 0 Å². The molecule has 1 aliphatic carbocycles. The number of hydrogen-bond acceptors (Lipinski definition) is 9. The van der Waals surface area contributed by atoms with E-state index in [1.54, 1.807) is 9.80 Å². The van der Waals surface area contributed by atoms with Crippen LogP contribution >= 0.6 is 0 Å².